The van der Waals surface area contributed by atoms with E-state index in [1.807, 2.05) is 48.5 Å². The number of carbonyl (C=O) groups is 2. The number of fused-ring (bicyclic) bond motifs is 2. The van der Waals surface area contributed by atoms with Crippen LogP contribution in [-0.4, -0.2) is 45.3 Å². The van der Waals surface area contributed by atoms with Gasteiger partial charge in [-0.15, -0.1) is 0 Å². The largest absolute Gasteiger partial charge is 0.465 e. The Morgan fingerprint density at radius 1 is 0.694 bits per heavy atom. The maximum Gasteiger partial charge on any atom is 0.340 e. The average Bonchev–Trinajstić information content (AvgIpc) is 3.40. The lowest BCUT2D eigenvalue weighted by Crippen LogP contribution is -2.15. The number of hydrogen-bond acceptors (Lipinski definition) is 6. The van der Waals surface area contributed by atoms with E-state index in [1.165, 1.54) is 14.2 Å². The molecule has 0 spiro atoms. The third kappa shape index (κ3) is 3.44. The van der Waals surface area contributed by atoms with Gasteiger partial charge in [-0.3, -0.25) is 0 Å². The van der Waals surface area contributed by atoms with Crippen LogP contribution in [0.3, 0.4) is 0 Å². The van der Waals surface area contributed by atoms with Gasteiger partial charge in [-0.2, -0.15) is 0 Å². The lowest BCUT2D eigenvalue weighted by Gasteiger charge is -2.19. The summed E-state index contributed by atoms with van der Waals surface area (Å²) in [6, 6.07) is 15.0. The summed E-state index contributed by atoms with van der Waals surface area (Å²) in [5, 5.41) is -0.0979. The Kier molecular flexibility index (Phi) is 5.94. The molecule has 0 aliphatic rings. The van der Waals surface area contributed by atoms with E-state index >= 15 is 0 Å². The zero-order valence-corrected chi connectivity index (χ0v) is 21.3. The Balaban J connectivity index is 1.98. The molecular weight excluding hydrogens is 503 g/mol. The Labute approximate surface area is 216 Å². The van der Waals surface area contributed by atoms with Crippen molar-refractivity contribution in [2.24, 2.45) is 14.1 Å². The normalized spacial score (nSPS) is 11.3. The van der Waals surface area contributed by atoms with Crippen LogP contribution in [0.1, 0.15) is 20.7 Å². The predicted octanol–water partition coefficient (Wildman–Crippen LogP) is 5.67. The molecule has 2 aromatic heterocycles. The van der Waals surface area contributed by atoms with E-state index in [2.05, 4.69) is 0 Å². The third-order valence-electron chi connectivity index (χ3n) is 6.18. The van der Waals surface area contributed by atoms with Gasteiger partial charge in [-0.1, -0.05) is 47.5 Å². The molecule has 182 valence electrons. The number of carbonyl (C=O) groups excluding carboxylic acids is 2. The fraction of sp³-hybridized carbons (Fsp3) is 0.154. The fourth-order valence-electron chi connectivity index (χ4n) is 4.43. The van der Waals surface area contributed by atoms with Gasteiger partial charge in [0.2, 0.25) is 0 Å². The Bertz CT molecular complexity index is 1580. The van der Waals surface area contributed by atoms with Crippen molar-refractivity contribution in [3.8, 4) is 22.8 Å². The van der Waals surface area contributed by atoms with Gasteiger partial charge >= 0.3 is 11.9 Å². The number of halogens is 2. The van der Waals surface area contributed by atoms with Crippen LogP contribution in [0, 0.1) is 0 Å². The second-order valence-corrected chi connectivity index (χ2v) is 8.83. The van der Waals surface area contributed by atoms with Gasteiger partial charge in [0, 0.05) is 14.1 Å². The summed E-state index contributed by atoms with van der Waals surface area (Å²) in [6.07, 6.45) is 0. The molecule has 0 amide bonds. The molecule has 8 nitrogen and oxygen atoms in total. The molecule has 0 aliphatic carbocycles. The van der Waals surface area contributed by atoms with Gasteiger partial charge < -0.3 is 18.6 Å². The van der Waals surface area contributed by atoms with E-state index in [-0.39, 0.29) is 32.3 Å². The number of aryl methyl sites for hydroxylation is 2. The fourth-order valence-corrected chi connectivity index (χ4v) is 5.14. The minimum absolute atomic E-state index is 0.0667. The van der Waals surface area contributed by atoms with E-state index in [0.29, 0.717) is 22.7 Å². The first-order valence-corrected chi connectivity index (χ1v) is 11.6. The highest BCUT2D eigenvalue weighted by molar-refractivity contribution is 6.43. The molecule has 0 unspecified atom stereocenters. The molecule has 0 bridgehead atoms. The van der Waals surface area contributed by atoms with Gasteiger partial charge in [0.25, 0.3) is 0 Å². The topological polar surface area (TPSA) is 88.2 Å². The van der Waals surface area contributed by atoms with Crippen LogP contribution in [-0.2, 0) is 23.6 Å². The molecule has 0 saturated heterocycles. The summed E-state index contributed by atoms with van der Waals surface area (Å²) < 4.78 is 13.7. The van der Waals surface area contributed by atoms with Crippen molar-refractivity contribution in [3.05, 3.63) is 69.7 Å². The van der Waals surface area contributed by atoms with Crippen molar-refractivity contribution in [2.45, 2.75) is 0 Å². The highest BCUT2D eigenvalue weighted by Gasteiger charge is 2.35. The summed E-state index contributed by atoms with van der Waals surface area (Å²) in [6.45, 7) is 0. The van der Waals surface area contributed by atoms with Crippen molar-refractivity contribution in [2.75, 3.05) is 14.2 Å². The molecule has 0 N–H and O–H groups in total. The first-order chi connectivity index (χ1) is 17.3. The average molecular weight is 523 g/mol. The van der Waals surface area contributed by atoms with Crippen LogP contribution >= 0.6 is 23.2 Å². The first-order valence-electron chi connectivity index (χ1n) is 10.8. The molecule has 0 fully saturated rings. The number of para-hydroxylation sites is 4. The summed E-state index contributed by atoms with van der Waals surface area (Å²) in [5.74, 6) is -0.795. The van der Waals surface area contributed by atoms with Gasteiger partial charge in [-0.05, 0) is 24.3 Å². The summed E-state index contributed by atoms with van der Waals surface area (Å²) in [7, 11) is 6.06. The van der Waals surface area contributed by atoms with Gasteiger partial charge in [-0.25, -0.2) is 19.6 Å². The van der Waals surface area contributed by atoms with Crippen LogP contribution in [0.25, 0.3) is 44.8 Å². The lowest BCUT2D eigenvalue weighted by molar-refractivity contribution is 0.0600. The summed E-state index contributed by atoms with van der Waals surface area (Å²) >= 11 is 13.9. The zero-order chi connectivity index (χ0) is 25.7. The Hall–Kier alpha value is -3.88. The Morgan fingerprint density at radius 3 is 1.44 bits per heavy atom. The maximum atomic E-state index is 13.1. The highest BCUT2D eigenvalue weighted by Crippen LogP contribution is 2.46. The molecule has 10 heteroatoms. The Morgan fingerprint density at radius 2 is 1.08 bits per heavy atom. The number of methoxy groups -OCH3 is 2. The van der Waals surface area contributed by atoms with Crippen LogP contribution in [0.4, 0.5) is 0 Å². The summed E-state index contributed by atoms with van der Waals surface area (Å²) in [5.41, 5.74) is 3.28. The second kappa shape index (κ2) is 8.96. The molecule has 36 heavy (non-hydrogen) atoms. The number of nitrogens with zero attached hydrogens (tertiary/aromatic N) is 4. The van der Waals surface area contributed by atoms with E-state index in [9.17, 15) is 9.59 Å². The highest BCUT2D eigenvalue weighted by atomic mass is 35.5. The van der Waals surface area contributed by atoms with Gasteiger partial charge in [0.1, 0.15) is 11.6 Å². The van der Waals surface area contributed by atoms with Crippen LogP contribution in [0.15, 0.2) is 48.5 Å². The molecule has 0 aliphatic heterocycles. The van der Waals surface area contributed by atoms with E-state index in [4.69, 9.17) is 42.6 Å². The smallest absolute Gasteiger partial charge is 0.340 e. The monoisotopic (exact) mass is 522 g/mol. The van der Waals surface area contributed by atoms with Crippen LogP contribution < -0.4 is 0 Å². The summed E-state index contributed by atoms with van der Waals surface area (Å²) in [4.78, 5) is 35.6. The predicted molar refractivity (Wildman–Crippen MR) is 139 cm³/mol. The third-order valence-corrected chi connectivity index (χ3v) is 6.93. The number of benzene rings is 3. The quantitative estimate of drug-likeness (QED) is 0.282. The number of imidazole rings is 2. The number of ether oxygens (including phenoxy) is 2. The van der Waals surface area contributed by atoms with E-state index < -0.39 is 11.9 Å². The molecule has 2 heterocycles. The maximum absolute atomic E-state index is 13.1. The van der Waals surface area contributed by atoms with Crippen molar-refractivity contribution < 1.29 is 19.1 Å². The van der Waals surface area contributed by atoms with E-state index in [1.54, 1.807) is 23.2 Å². The van der Waals surface area contributed by atoms with Crippen molar-refractivity contribution in [3.63, 3.8) is 0 Å². The molecule has 5 rings (SSSR count). The molecule has 0 atom stereocenters. The number of rotatable bonds is 4. The van der Waals surface area contributed by atoms with Crippen molar-refractivity contribution >= 4 is 57.2 Å². The molecular formula is C26H20Cl2N4O4. The molecule has 3 aromatic carbocycles. The van der Waals surface area contributed by atoms with Crippen LogP contribution in [0.5, 0.6) is 0 Å². The standard InChI is InChI=1S/C26H20Cl2N4O4/c1-31-15-11-7-5-9-13(15)29-23(31)17-19(25(33)35-3)22(28)20(26(34)36-4)18(21(17)27)24-30-14-10-6-8-12-16(14)32(24)2/h5-12H,1-4H3. The zero-order valence-electron chi connectivity index (χ0n) is 19.8. The van der Waals surface area contributed by atoms with Gasteiger partial charge in [0.15, 0.2) is 0 Å². The molecule has 5 aromatic rings. The number of hydrogen-bond donors (Lipinski definition) is 0. The van der Waals surface area contributed by atoms with Crippen LogP contribution in [0.2, 0.25) is 10.0 Å². The molecule has 0 radical (unpaired) electrons. The minimum atomic E-state index is -0.773. The number of esters is 2. The SMILES string of the molecule is COC(=O)c1c(Cl)c(C(=O)OC)c(-c2nc3ccccc3n2C)c(Cl)c1-c1nc2ccccc2n1C. The molecule has 0 saturated carbocycles. The van der Waals surface area contributed by atoms with E-state index in [0.717, 1.165) is 11.0 Å². The van der Waals surface area contributed by atoms with Crippen molar-refractivity contribution in [1.29, 1.82) is 0 Å². The van der Waals surface area contributed by atoms with Gasteiger partial charge in [0.05, 0.1) is 68.6 Å². The lowest BCUT2D eigenvalue weighted by atomic mass is 9.96. The van der Waals surface area contributed by atoms with Crippen molar-refractivity contribution in [1.82, 2.24) is 19.1 Å². The number of aromatic nitrogens is 4. The minimum Gasteiger partial charge on any atom is -0.465 e. The second-order valence-electron chi connectivity index (χ2n) is 8.08. The first kappa shape index (κ1) is 23.8.